The minimum atomic E-state index is -0.828. The molecule has 1 aromatic carbocycles. The first-order valence-electron chi connectivity index (χ1n) is 5.60. The molecule has 1 heterocycles. The van der Waals surface area contributed by atoms with Crippen LogP contribution in [0.5, 0.6) is 11.8 Å². The lowest BCUT2D eigenvalue weighted by molar-refractivity contribution is 0.383. The highest BCUT2D eigenvalue weighted by Gasteiger charge is 2.13. The van der Waals surface area contributed by atoms with Crippen LogP contribution < -0.4 is 15.8 Å². The number of nitrogens with one attached hydrogen (secondary N) is 1. The molecule has 1 aromatic heterocycles. The van der Waals surface area contributed by atoms with Crippen LogP contribution in [0.25, 0.3) is 0 Å². The quantitative estimate of drug-likeness (QED) is 0.889. The van der Waals surface area contributed by atoms with Crippen molar-refractivity contribution in [1.29, 1.82) is 0 Å². The fourth-order valence-corrected chi connectivity index (χ4v) is 1.40. The maximum atomic E-state index is 13.4. The summed E-state index contributed by atoms with van der Waals surface area (Å²) in [7, 11) is 0. The van der Waals surface area contributed by atoms with E-state index in [1.165, 1.54) is 12.3 Å². The predicted molar refractivity (Wildman–Crippen MR) is 67.0 cm³/mol. The average Bonchev–Trinajstić information content (AvgIpc) is 2.38. The summed E-state index contributed by atoms with van der Waals surface area (Å²) in [4.78, 5) is 7.70. The largest absolute Gasteiger partial charge is 0.418 e. The molecule has 19 heavy (non-hydrogen) atoms. The van der Waals surface area contributed by atoms with Crippen molar-refractivity contribution in [1.82, 2.24) is 9.97 Å². The van der Waals surface area contributed by atoms with Crippen LogP contribution in [-0.4, -0.2) is 16.5 Å². The zero-order chi connectivity index (χ0) is 13.8. The molecule has 0 aliphatic heterocycles. The van der Waals surface area contributed by atoms with Crippen molar-refractivity contribution in [3.63, 3.8) is 0 Å². The number of ether oxygens (including phenoxy) is 1. The van der Waals surface area contributed by atoms with E-state index in [-0.39, 0.29) is 6.01 Å². The number of hydrogen-bond acceptors (Lipinski definition) is 5. The molecule has 7 heteroatoms. The van der Waals surface area contributed by atoms with E-state index in [0.29, 0.717) is 18.1 Å². The molecule has 3 N–H and O–H groups in total. The maximum absolute atomic E-state index is 13.4. The number of hydrogen-bond donors (Lipinski definition) is 2. The van der Waals surface area contributed by atoms with Crippen LogP contribution in [0.3, 0.4) is 0 Å². The Morgan fingerprint density at radius 1 is 1.32 bits per heavy atom. The monoisotopic (exact) mass is 266 g/mol. The van der Waals surface area contributed by atoms with Crippen molar-refractivity contribution in [2.24, 2.45) is 0 Å². The van der Waals surface area contributed by atoms with Crippen LogP contribution in [0.1, 0.15) is 6.92 Å². The second kappa shape index (κ2) is 5.47. The topological polar surface area (TPSA) is 73.1 Å². The highest BCUT2D eigenvalue weighted by atomic mass is 19.1. The molecule has 5 nitrogen and oxygen atoms in total. The Hall–Kier alpha value is -2.44. The number of nitrogens with zero attached hydrogens (tertiary/aromatic N) is 2. The van der Waals surface area contributed by atoms with Crippen LogP contribution in [0.15, 0.2) is 24.4 Å². The molecule has 0 aliphatic rings. The summed E-state index contributed by atoms with van der Waals surface area (Å²) in [6, 6.07) is 3.22. The first-order chi connectivity index (χ1) is 9.11. The van der Waals surface area contributed by atoms with Crippen molar-refractivity contribution < 1.29 is 13.5 Å². The van der Waals surface area contributed by atoms with Gasteiger partial charge in [-0.05, 0) is 19.1 Å². The summed E-state index contributed by atoms with van der Waals surface area (Å²) in [6.07, 6.45) is 1.30. The molecule has 2 aromatic rings. The molecule has 0 fully saturated rings. The van der Waals surface area contributed by atoms with E-state index < -0.39 is 17.4 Å². The van der Waals surface area contributed by atoms with Crippen molar-refractivity contribution in [2.45, 2.75) is 6.92 Å². The van der Waals surface area contributed by atoms with E-state index in [1.807, 2.05) is 6.92 Å². The highest BCUT2D eigenvalue weighted by molar-refractivity contribution is 5.60. The van der Waals surface area contributed by atoms with Gasteiger partial charge in [-0.15, -0.1) is 0 Å². The highest BCUT2D eigenvalue weighted by Crippen LogP contribution is 2.26. The average molecular weight is 266 g/mol. The molecule has 0 bridgehead atoms. The van der Waals surface area contributed by atoms with Gasteiger partial charge in [-0.2, -0.15) is 4.98 Å². The van der Waals surface area contributed by atoms with E-state index in [9.17, 15) is 8.78 Å². The zero-order valence-corrected chi connectivity index (χ0v) is 10.2. The third kappa shape index (κ3) is 2.87. The second-order valence-corrected chi connectivity index (χ2v) is 3.64. The van der Waals surface area contributed by atoms with Crippen molar-refractivity contribution in [2.75, 3.05) is 17.6 Å². The van der Waals surface area contributed by atoms with E-state index >= 15 is 0 Å². The van der Waals surface area contributed by atoms with Crippen LogP contribution >= 0.6 is 0 Å². The summed E-state index contributed by atoms with van der Waals surface area (Å²) in [5.74, 6) is -1.85. The summed E-state index contributed by atoms with van der Waals surface area (Å²) in [5.41, 5.74) is 5.96. The van der Waals surface area contributed by atoms with Gasteiger partial charge in [0, 0.05) is 6.54 Å². The van der Waals surface area contributed by atoms with E-state index in [0.717, 1.165) is 12.1 Å². The van der Waals surface area contributed by atoms with Crippen LogP contribution in [0.4, 0.5) is 20.3 Å². The number of benzene rings is 1. The Labute approximate surface area is 108 Å². The first kappa shape index (κ1) is 13.0. The van der Waals surface area contributed by atoms with Gasteiger partial charge in [0.25, 0.3) is 0 Å². The van der Waals surface area contributed by atoms with Gasteiger partial charge in [0.15, 0.2) is 17.5 Å². The number of aromatic nitrogens is 2. The third-order valence-corrected chi connectivity index (χ3v) is 2.25. The summed E-state index contributed by atoms with van der Waals surface area (Å²) in [5, 5.41) is 2.89. The summed E-state index contributed by atoms with van der Waals surface area (Å²) < 4.78 is 31.8. The van der Waals surface area contributed by atoms with Gasteiger partial charge in [0.1, 0.15) is 0 Å². The van der Waals surface area contributed by atoms with Crippen molar-refractivity contribution >= 4 is 11.5 Å². The minimum absolute atomic E-state index is 0.186. The molecule has 0 atom stereocenters. The normalized spacial score (nSPS) is 10.3. The van der Waals surface area contributed by atoms with Gasteiger partial charge >= 0.3 is 6.01 Å². The number of halogens is 2. The standard InChI is InChI=1S/C12H12F2N4O/c1-2-16-11-9(15)6-17-12(18-11)19-10-7(13)4-3-5-8(10)14/h3-6H,2,15H2,1H3,(H,16,17,18). The fourth-order valence-electron chi connectivity index (χ4n) is 1.40. The number of anilines is 2. The molecule has 0 saturated carbocycles. The predicted octanol–water partition coefficient (Wildman–Crippen LogP) is 2.56. The number of para-hydroxylation sites is 1. The van der Waals surface area contributed by atoms with Gasteiger partial charge in [0.05, 0.1) is 11.9 Å². The Morgan fingerprint density at radius 2 is 2.00 bits per heavy atom. The molecule has 0 aliphatic carbocycles. The van der Waals surface area contributed by atoms with Gasteiger partial charge in [-0.1, -0.05) is 6.07 Å². The molecule has 0 unspecified atom stereocenters. The lowest BCUT2D eigenvalue weighted by atomic mass is 10.3. The Morgan fingerprint density at radius 3 is 2.63 bits per heavy atom. The minimum Gasteiger partial charge on any atom is -0.418 e. The van der Waals surface area contributed by atoms with E-state index in [4.69, 9.17) is 10.5 Å². The van der Waals surface area contributed by atoms with E-state index in [2.05, 4.69) is 15.3 Å². The number of nitrogen functional groups attached to an aromatic ring is 1. The van der Waals surface area contributed by atoms with Crippen LogP contribution in [-0.2, 0) is 0 Å². The number of nitrogens with two attached hydrogens (primary N) is 1. The van der Waals surface area contributed by atoms with Crippen molar-refractivity contribution in [3.8, 4) is 11.8 Å². The van der Waals surface area contributed by atoms with Crippen molar-refractivity contribution in [3.05, 3.63) is 36.0 Å². The second-order valence-electron chi connectivity index (χ2n) is 3.64. The Bertz CT molecular complexity index is 572. The van der Waals surface area contributed by atoms with Gasteiger partial charge in [0.2, 0.25) is 5.75 Å². The Kier molecular flexibility index (Phi) is 3.74. The van der Waals surface area contributed by atoms with Gasteiger partial charge in [-0.25, -0.2) is 13.8 Å². The first-order valence-corrected chi connectivity index (χ1v) is 5.60. The molecule has 2 rings (SSSR count). The lowest BCUT2D eigenvalue weighted by Gasteiger charge is -2.09. The van der Waals surface area contributed by atoms with Gasteiger partial charge in [-0.3, -0.25) is 0 Å². The fraction of sp³-hybridized carbons (Fsp3) is 0.167. The number of rotatable bonds is 4. The van der Waals surface area contributed by atoms with Gasteiger partial charge < -0.3 is 15.8 Å². The molecule has 0 saturated heterocycles. The Balaban J connectivity index is 2.31. The maximum Gasteiger partial charge on any atom is 0.324 e. The van der Waals surface area contributed by atoms with Crippen LogP contribution in [0.2, 0.25) is 0 Å². The molecular weight excluding hydrogens is 254 g/mol. The SMILES string of the molecule is CCNc1nc(Oc2c(F)cccc2F)ncc1N. The third-order valence-electron chi connectivity index (χ3n) is 2.25. The molecule has 0 radical (unpaired) electrons. The molecule has 0 amide bonds. The zero-order valence-electron chi connectivity index (χ0n) is 10.2. The molecule has 100 valence electrons. The smallest absolute Gasteiger partial charge is 0.324 e. The van der Waals surface area contributed by atoms with Crippen LogP contribution in [0, 0.1) is 11.6 Å². The lowest BCUT2D eigenvalue weighted by Crippen LogP contribution is -2.06. The molecule has 0 spiro atoms. The summed E-state index contributed by atoms with van der Waals surface area (Å²) in [6.45, 7) is 2.45. The molecular formula is C12H12F2N4O. The van der Waals surface area contributed by atoms with E-state index in [1.54, 1.807) is 0 Å². The summed E-state index contributed by atoms with van der Waals surface area (Å²) >= 11 is 0.